The molecule has 0 amide bonds. The zero-order chi connectivity index (χ0) is 16.0. The number of non-ortho nitro benzene ring substituents is 1. The number of pyridine rings is 1. The maximum absolute atomic E-state index is 14.2. The molecular weight excluding hydrogens is 404 g/mol. The first-order valence-electron chi connectivity index (χ1n) is 6.21. The SMILES string of the molecule is Cn1cc(-c2cc([N+](=O)[O-])ccc2F)c2ccn(I)c2c1=O. The van der Waals surface area contributed by atoms with E-state index < -0.39 is 10.7 Å². The van der Waals surface area contributed by atoms with Crippen LogP contribution in [-0.4, -0.2) is 12.3 Å². The van der Waals surface area contributed by atoms with Crippen molar-refractivity contribution in [1.82, 2.24) is 7.35 Å². The highest BCUT2D eigenvalue weighted by molar-refractivity contribution is 14.1. The van der Waals surface area contributed by atoms with Crippen molar-refractivity contribution >= 4 is 39.5 Å². The Morgan fingerprint density at radius 3 is 2.68 bits per heavy atom. The monoisotopic (exact) mass is 413 g/mol. The molecule has 0 aliphatic rings. The van der Waals surface area contributed by atoms with Crippen molar-refractivity contribution in [3.63, 3.8) is 0 Å². The lowest BCUT2D eigenvalue weighted by Crippen LogP contribution is -2.17. The Morgan fingerprint density at radius 2 is 2.00 bits per heavy atom. The molecule has 0 unspecified atom stereocenters. The van der Waals surface area contributed by atoms with E-state index in [0.29, 0.717) is 16.5 Å². The van der Waals surface area contributed by atoms with Crippen molar-refractivity contribution in [3.8, 4) is 11.1 Å². The minimum atomic E-state index is -0.578. The first-order chi connectivity index (χ1) is 10.4. The molecule has 2 aromatic heterocycles. The zero-order valence-corrected chi connectivity index (χ0v) is 13.4. The lowest BCUT2D eigenvalue weighted by Gasteiger charge is -2.08. The van der Waals surface area contributed by atoms with Crippen LogP contribution in [0.3, 0.4) is 0 Å². The summed E-state index contributed by atoms with van der Waals surface area (Å²) in [4.78, 5) is 22.5. The van der Waals surface area contributed by atoms with Crippen molar-refractivity contribution in [2.75, 3.05) is 0 Å². The lowest BCUT2D eigenvalue weighted by molar-refractivity contribution is -0.384. The zero-order valence-electron chi connectivity index (χ0n) is 11.3. The van der Waals surface area contributed by atoms with Crippen molar-refractivity contribution in [2.24, 2.45) is 7.05 Å². The van der Waals surface area contributed by atoms with Crippen LogP contribution in [0.4, 0.5) is 10.1 Å². The fraction of sp³-hybridized carbons (Fsp3) is 0.0714. The van der Waals surface area contributed by atoms with E-state index in [9.17, 15) is 19.3 Å². The number of rotatable bonds is 2. The molecule has 3 rings (SSSR count). The number of nitro benzene ring substituents is 1. The number of aromatic nitrogens is 2. The number of benzene rings is 1. The number of hydrogen-bond donors (Lipinski definition) is 0. The summed E-state index contributed by atoms with van der Waals surface area (Å²) < 4.78 is 17.1. The summed E-state index contributed by atoms with van der Waals surface area (Å²) in [6.07, 6.45) is 3.18. The molecule has 3 aromatic rings. The van der Waals surface area contributed by atoms with E-state index in [1.54, 1.807) is 22.1 Å². The van der Waals surface area contributed by atoms with Crippen LogP contribution in [0.2, 0.25) is 0 Å². The predicted octanol–water partition coefficient (Wildman–Crippen LogP) is 3.25. The number of fused-ring (bicyclic) bond motifs is 1. The van der Waals surface area contributed by atoms with E-state index in [1.165, 1.54) is 16.8 Å². The number of halogens is 2. The molecule has 0 bridgehead atoms. The quantitative estimate of drug-likeness (QED) is 0.368. The molecule has 0 N–H and O–H groups in total. The summed E-state index contributed by atoms with van der Waals surface area (Å²) in [5, 5.41) is 11.5. The Balaban J connectivity index is 2.41. The first-order valence-corrected chi connectivity index (χ1v) is 7.18. The summed E-state index contributed by atoms with van der Waals surface area (Å²) in [6, 6.07) is 5.04. The van der Waals surface area contributed by atoms with Gasteiger partial charge >= 0.3 is 0 Å². The molecule has 6 nitrogen and oxygen atoms in total. The van der Waals surface area contributed by atoms with E-state index in [-0.39, 0.29) is 16.8 Å². The summed E-state index contributed by atoms with van der Waals surface area (Å²) in [6.45, 7) is 0. The second-order valence-electron chi connectivity index (χ2n) is 4.77. The Labute approximate surface area is 137 Å². The molecule has 8 heteroatoms. The smallest absolute Gasteiger partial charge is 0.275 e. The molecule has 112 valence electrons. The molecule has 0 aliphatic carbocycles. The predicted molar refractivity (Wildman–Crippen MR) is 88.6 cm³/mol. The van der Waals surface area contributed by atoms with Crippen molar-refractivity contribution in [3.05, 3.63) is 62.9 Å². The van der Waals surface area contributed by atoms with Gasteiger partial charge in [0.15, 0.2) is 0 Å². The Hall–Kier alpha value is -2.23. The van der Waals surface area contributed by atoms with Crippen LogP contribution < -0.4 is 5.56 Å². The molecule has 0 radical (unpaired) electrons. The molecule has 0 aliphatic heterocycles. The standard InChI is InChI=1S/C14H9FIN3O3/c1-17-7-11(9-4-5-18(16)13(9)14(17)20)10-6-8(19(21)22)2-3-12(10)15/h2-7H,1H3. The minimum Gasteiger partial charge on any atom is -0.316 e. The second kappa shape index (κ2) is 5.20. The van der Waals surface area contributed by atoms with Gasteiger partial charge in [-0.25, -0.2) is 4.39 Å². The average molecular weight is 413 g/mol. The van der Waals surface area contributed by atoms with Crippen LogP contribution >= 0.6 is 22.9 Å². The first kappa shape index (κ1) is 14.7. The molecule has 0 saturated carbocycles. The average Bonchev–Trinajstić information content (AvgIpc) is 2.85. The molecule has 22 heavy (non-hydrogen) atoms. The van der Waals surface area contributed by atoms with E-state index in [0.717, 1.165) is 12.1 Å². The van der Waals surface area contributed by atoms with Gasteiger partial charge in [-0.05, 0) is 12.1 Å². The van der Waals surface area contributed by atoms with Gasteiger partial charge in [0.1, 0.15) is 11.3 Å². The Morgan fingerprint density at radius 1 is 1.27 bits per heavy atom. The molecular formula is C14H9FIN3O3. The van der Waals surface area contributed by atoms with Crippen LogP contribution in [0.1, 0.15) is 0 Å². The van der Waals surface area contributed by atoms with E-state index in [2.05, 4.69) is 0 Å². The van der Waals surface area contributed by atoms with Gasteiger partial charge in [0, 0.05) is 48.1 Å². The van der Waals surface area contributed by atoms with Crippen molar-refractivity contribution in [2.45, 2.75) is 0 Å². The van der Waals surface area contributed by atoms with Gasteiger partial charge in [0.2, 0.25) is 0 Å². The van der Waals surface area contributed by atoms with Gasteiger partial charge in [-0.2, -0.15) is 0 Å². The molecule has 0 fully saturated rings. The molecule has 2 heterocycles. The largest absolute Gasteiger partial charge is 0.316 e. The van der Waals surface area contributed by atoms with Crippen molar-refractivity contribution < 1.29 is 9.31 Å². The molecule has 0 atom stereocenters. The maximum atomic E-state index is 14.2. The van der Waals surface area contributed by atoms with Gasteiger partial charge in [0.05, 0.1) is 27.8 Å². The van der Waals surface area contributed by atoms with Crippen LogP contribution in [0.15, 0.2) is 41.5 Å². The summed E-state index contributed by atoms with van der Waals surface area (Å²) in [7, 11) is 1.56. The van der Waals surface area contributed by atoms with E-state index >= 15 is 0 Å². The fourth-order valence-corrected chi connectivity index (χ4v) is 3.00. The topological polar surface area (TPSA) is 70.1 Å². The minimum absolute atomic E-state index is 0.0948. The highest BCUT2D eigenvalue weighted by Gasteiger charge is 2.18. The molecule has 0 saturated heterocycles. The van der Waals surface area contributed by atoms with Crippen molar-refractivity contribution in [1.29, 1.82) is 0 Å². The van der Waals surface area contributed by atoms with Gasteiger partial charge in [-0.15, -0.1) is 0 Å². The van der Waals surface area contributed by atoms with Crippen LogP contribution in [0.5, 0.6) is 0 Å². The number of nitrogens with zero attached hydrogens (tertiary/aromatic N) is 3. The third kappa shape index (κ3) is 2.19. The third-order valence-corrected chi connectivity index (χ3v) is 4.23. The summed E-state index contributed by atoms with van der Waals surface area (Å²) in [5.41, 5.74) is 0.522. The highest BCUT2D eigenvalue weighted by Crippen LogP contribution is 2.32. The van der Waals surface area contributed by atoms with Crippen LogP contribution in [0, 0.1) is 15.9 Å². The second-order valence-corrected chi connectivity index (χ2v) is 5.81. The molecule has 0 spiro atoms. The van der Waals surface area contributed by atoms with E-state index in [4.69, 9.17) is 0 Å². The summed E-state index contributed by atoms with van der Waals surface area (Å²) in [5.74, 6) is -0.577. The number of hydrogen-bond acceptors (Lipinski definition) is 3. The highest BCUT2D eigenvalue weighted by atomic mass is 127. The lowest BCUT2D eigenvalue weighted by atomic mass is 10.0. The summed E-state index contributed by atoms with van der Waals surface area (Å²) >= 11 is 1.96. The normalized spacial score (nSPS) is 11.0. The fourth-order valence-electron chi connectivity index (χ4n) is 2.37. The molecule has 1 aromatic carbocycles. The van der Waals surface area contributed by atoms with Gasteiger partial charge < -0.3 is 4.57 Å². The van der Waals surface area contributed by atoms with Crippen LogP contribution in [-0.2, 0) is 7.05 Å². The van der Waals surface area contributed by atoms with Gasteiger partial charge in [-0.1, -0.05) is 0 Å². The number of nitro groups is 1. The third-order valence-electron chi connectivity index (χ3n) is 3.43. The van der Waals surface area contributed by atoms with Gasteiger partial charge in [0.25, 0.3) is 11.2 Å². The van der Waals surface area contributed by atoms with Crippen LogP contribution in [0.25, 0.3) is 22.0 Å². The Kier molecular flexibility index (Phi) is 3.47. The maximum Gasteiger partial charge on any atom is 0.275 e. The Bertz CT molecular complexity index is 977. The van der Waals surface area contributed by atoms with E-state index in [1.807, 2.05) is 22.9 Å². The van der Waals surface area contributed by atoms with Gasteiger partial charge in [-0.3, -0.25) is 17.7 Å². The number of aryl methyl sites for hydroxylation is 1.